The van der Waals surface area contributed by atoms with Crippen LogP contribution < -0.4 is 0 Å². The Balaban J connectivity index is 3.12. The predicted octanol–water partition coefficient (Wildman–Crippen LogP) is 3.49. The summed E-state index contributed by atoms with van der Waals surface area (Å²) in [5.74, 6) is 0. The summed E-state index contributed by atoms with van der Waals surface area (Å²) in [6.45, 7) is 6.75. The van der Waals surface area contributed by atoms with Crippen LogP contribution in [0.15, 0.2) is 23.4 Å². The molecule has 0 fully saturated rings. The van der Waals surface area contributed by atoms with Crippen molar-refractivity contribution >= 4 is 11.8 Å². The van der Waals surface area contributed by atoms with Gasteiger partial charge in [-0.2, -0.15) is 0 Å². The number of hydrogen-bond donors (Lipinski definition) is 0. The fraction of sp³-hybridized carbons (Fsp3) is 0.545. The van der Waals surface area contributed by atoms with Gasteiger partial charge in [0.2, 0.25) is 0 Å². The zero-order chi connectivity index (χ0) is 9.90. The summed E-state index contributed by atoms with van der Waals surface area (Å²) in [4.78, 5) is 4.37. The van der Waals surface area contributed by atoms with Gasteiger partial charge >= 0.3 is 0 Å². The van der Waals surface area contributed by atoms with Crippen LogP contribution in [0.4, 0.5) is 0 Å². The minimum atomic E-state index is 0.243. The van der Waals surface area contributed by atoms with Crippen LogP contribution >= 0.6 is 11.8 Å². The Morgan fingerprint density at radius 1 is 1.46 bits per heavy atom. The van der Waals surface area contributed by atoms with Crippen LogP contribution in [0.1, 0.15) is 32.8 Å². The zero-order valence-corrected chi connectivity index (χ0v) is 9.61. The van der Waals surface area contributed by atoms with Gasteiger partial charge in [-0.3, -0.25) is 0 Å². The van der Waals surface area contributed by atoms with Crippen LogP contribution in [0.5, 0.6) is 0 Å². The molecule has 1 heterocycles. The monoisotopic (exact) mass is 195 g/mol. The average Bonchev–Trinajstić information content (AvgIpc) is 2.18. The molecule has 1 rings (SSSR count). The van der Waals surface area contributed by atoms with Crippen LogP contribution in [0.25, 0.3) is 0 Å². The van der Waals surface area contributed by atoms with Crippen molar-refractivity contribution in [3.63, 3.8) is 0 Å². The Kier molecular flexibility index (Phi) is 3.37. The summed E-state index contributed by atoms with van der Waals surface area (Å²) in [7, 11) is 0. The molecule has 0 unspecified atom stereocenters. The molecule has 2 heteroatoms. The molecule has 1 aromatic rings. The van der Waals surface area contributed by atoms with Gasteiger partial charge in [0, 0.05) is 6.20 Å². The number of aromatic nitrogens is 1. The van der Waals surface area contributed by atoms with Crippen molar-refractivity contribution in [2.75, 3.05) is 6.26 Å². The molecule has 1 aromatic heterocycles. The van der Waals surface area contributed by atoms with E-state index in [0.29, 0.717) is 0 Å². The first-order valence-corrected chi connectivity index (χ1v) is 5.83. The Bertz CT molecular complexity index is 281. The number of pyridine rings is 1. The Morgan fingerprint density at radius 2 is 2.15 bits per heavy atom. The molecule has 0 amide bonds. The lowest BCUT2D eigenvalue weighted by atomic mass is 9.83. The molecule has 0 N–H and O–H groups in total. The molecular weight excluding hydrogens is 178 g/mol. The summed E-state index contributed by atoms with van der Waals surface area (Å²) < 4.78 is 0. The van der Waals surface area contributed by atoms with Crippen molar-refractivity contribution in [2.24, 2.45) is 0 Å². The third-order valence-corrected chi connectivity index (χ3v) is 3.29. The molecule has 0 aliphatic carbocycles. The number of thioether (sulfide) groups is 1. The van der Waals surface area contributed by atoms with Crippen molar-refractivity contribution in [2.45, 2.75) is 37.6 Å². The molecule has 1 nitrogen and oxygen atoms in total. The fourth-order valence-corrected chi connectivity index (χ4v) is 1.99. The van der Waals surface area contributed by atoms with Crippen molar-refractivity contribution in [3.8, 4) is 0 Å². The number of hydrogen-bond acceptors (Lipinski definition) is 2. The maximum absolute atomic E-state index is 4.37. The second-order valence-electron chi connectivity index (χ2n) is 3.80. The molecule has 0 atom stereocenters. The normalized spacial score (nSPS) is 11.7. The van der Waals surface area contributed by atoms with Gasteiger partial charge in [0.15, 0.2) is 0 Å². The van der Waals surface area contributed by atoms with Crippen LogP contribution in [-0.4, -0.2) is 11.2 Å². The minimum absolute atomic E-state index is 0.243. The van der Waals surface area contributed by atoms with Gasteiger partial charge in [-0.05, 0) is 29.7 Å². The van der Waals surface area contributed by atoms with Crippen LogP contribution in [0.3, 0.4) is 0 Å². The molecule has 0 aliphatic heterocycles. The summed E-state index contributed by atoms with van der Waals surface area (Å²) in [6.07, 6.45) is 5.09. The summed E-state index contributed by atoms with van der Waals surface area (Å²) in [5, 5.41) is 1.16. The third-order valence-electron chi connectivity index (χ3n) is 2.58. The maximum Gasteiger partial charge on any atom is 0.0994 e. The van der Waals surface area contributed by atoms with Gasteiger partial charge in [-0.1, -0.05) is 26.8 Å². The summed E-state index contributed by atoms with van der Waals surface area (Å²) in [6, 6.07) is 4.20. The van der Waals surface area contributed by atoms with E-state index in [1.165, 1.54) is 5.56 Å². The average molecular weight is 195 g/mol. The van der Waals surface area contributed by atoms with Crippen molar-refractivity contribution in [1.82, 2.24) is 4.98 Å². The van der Waals surface area contributed by atoms with Crippen molar-refractivity contribution in [3.05, 3.63) is 23.9 Å². The molecule has 0 saturated heterocycles. The first-order chi connectivity index (χ1) is 6.11. The van der Waals surface area contributed by atoms with E-state index in [1.54, 1.807) is 11.8 Å². The summed E-state index contributed by atoms with van der Waals surface area (Å²) in [5.41, 5.74) is 1.61. The first-order valence-electron chi connectivity index (χ1n) is 4.61. The lowest BCUT2D eigenvalue weighted by molar-refractivity contribution is 0.493. The fourth-order valence-electron chi connectivity index (χ4n) is 1.26. The quantitative estimate of drug-likeness (QED) is 0.685. The van der Waals surface area contributed by atoms with Crippen LogP contribution in [-0.2, 0) is 5.41 Å². The molecule has 0 saturated carbocycles. The van der Waals surface area contributed by atoms with E-state index in [0.717, 1.165) is 11.4 Å². The molecule has 0 bridgehead atoms. The highest BCUT2D eigenvalue weighted by atomic mass is 32.2. The van der Waals surface area contributed by atoms with Gasteiger partial charge < -0.3 is 0 Å². The molecule has 13 heavy (non-hydrogen) atoms. The highest BCUT2D eigenvalue weighted by Gasteiger charge is 2.21. The largest absolute Gasteiger partial charge is 0.250 e. The third kappa shape index (κ3) is 2.25. The Labute approximate surface area is 85.0 Å². The van der Waals surface area contributed by atoms with E-state index < -0.39 is 0 Å². The molecule has 72 valence electrons. The molecule has 0 spiro atoms. The lowest BCUT2D eigenvalue weighted by Gasteiger charge is -2.24. The van der Waals surface area contributed by atoms with Crippen molar-refractivity contribution in [1.29, 1.82) is 0 Å². The predicted molar refractivity (Wildman–Crippen MR) is 59.3 cm³/mol. The second-order valence-corrected chi connectivity index (χ2v) is 4.59. The molecular formula is C11H17NS. The number of rotatable bonds is 3. The van der Waals surface area contributed by atoms with E-state index in [-0.39, 0.29) is 5.41 Å². The SMILES string of the molecule is CCC(C)(C)c1cccnc1SC. The second kappa shape index (κ2) is 4.14. The van der Waals surface area contributed by atoms with Gasteiger partial charge in [0.05, 0.1) is 5.03 Å². The van der Waals surface area contributed by atoms with Gasteiger partial charge in [-0.15, -0.1) is 11.8 Å². The van der Waals surface area contributed by atoms with E-state index in [2.05, 4.69) is 38.1 Å². The highest BCUT2D eigenvalue weighted by Crippen LogP contribution is 2.32. The smallest absolute Gasteiger partial charge is 0.0994 e. The van der Waals surface area contributed by atoms with E-state index in [4.69, 9.17) is 0 Å². The molecule has 0 aromatic carbocycles. The van der Waals surface area contributed by atoms with E-state index >= 15 is 0 Å². The Morgan fingerprint density at radius 3 is 2.69 bits per heavy atom. The molecule has 0 aliphatic rings. The molecule has 0 radical (unpaired) electrons. The highest BCUT2D eigenvalue weighted by molar-refractivity contribution is 7.98. The Hall–Kier alpha value is -0.500. The first kappa shape index (κ1) is 10.6. The van der Waals surface area contributed by atoms with E-state index in [1.807, 2.05) is 12.3 Å². The zero-order valence-electron chi connectivity index (χ0n) is 8.79. The van der Waals surface area contributed by atoms with Crippen LogP contribution in [0.2, 0.25) is 0 Å². The standard InChI is InChI=1S/C11H17NS/c1-5-11(2,3)9-7-6-8-12-10(9)13-4/h6-8H,5H2,1-4H3. The van der Waals surface area contributed by atoms with E-state index in [9.17, 15) is 0 Å². The van der Waals surface area contributed by atoms with Crippen LogP contribution in [0, 0.1) is 0 Å². The van der Waals surface area contributed by atoms with Crippen molar-refractivity contribution < 1.29 is 0 Å². The van der Waals surface area contributed by atoms with Gasteiger partial charge in [-0.25, -0.2) is 4.98 Å². The van der Waals surface area contributed by atoms with Gasteiger partial charge in [0.1, 0.15) is 0 Å². The number of nitrogens with zero attached hydrogens (tertiary/aromatic N) is 1. The summed E-state index contributed by atoms with van der Waals surface area (Å²) >= 11 is 1.73. The lowest BCUT2D eigenvalue weighted by Crippen LogP contribution is -2.17. The topological polar surface area (TPSA) is 12.9 Å². The van der Waals surface area contributed by atoms with Gasteiger partial charge in [0.25, 0.3) is 0 Å². The minimum Gasteiger partial charge on any atom is -0.250 e. The maximum atomic E-state index is 4.37.